The van der Waals surface area contributed by atoms with Crippen LogP contribution in [0.1, 0.15) is 17.3 Å². The van der Waals surface area contributed by atoms with E-state index in [4.69, 9.17) is 9.84 Å². The summed E-state index contributed by atoms with van der Waals surface area (Å²) in [7, 11) is 0. The molecule has 0 aliphatic heterocycles. The summed E-state index contributed by atoms with van der Waals surface area (Å²) in [6.07, 6.45) is 1.50. The van der Waals surface area contributed by atoms with E-state index in [0.29, 0.717) is 23.1 Å². The number of aromatic nitrogens is 1. The number of amides is 1. The molecular weight excluding hydrogens is 316 g/mol. The number of benzene rings is 1. The van der Waals surface area contributed by atoms with Gasteiger partial charge in [0, 0.05) is 6.20 Å². The maximum atomic E-state index is 12.1. The molecular formula is C16H16N2O4S. The number of rotatable bonds is 7. The zero-order chi connectivity index (χ0) is 16.7. The first-order chi connectivity index (χ1) is 11.1. The average Bonchev–Trinajstić information content (AvgIpc) is 2.55. The van der Waals surface area contributed by atoms with Crippen LogP contribution in [-0.2, 0) is 4.79 Å². The number of carbonyl (C=O) groups excluding carboxylic acids is 1. The number of carboxylic acid groups (broad SMARTS) is 1. The lowest BCUT2D eigenvalue weighted by atomic mass is 10.3. The third-order valence-corrected chi connectivity index (χ3v) is 3.81. The summed E-state index contributed by atoms with van der Waals surface area (Å²) in [6.45, 7) is 2.36. The van der Waals surface area contributed by atoms with Gasteiger partial charge < -0.3 is 15.2 Å². The van der Waals surface area contributed by atoms with Crippen LogP contribution in [0.2, 0.25) is 0 Å². The highest BCUT2D eigenvalue weighted by atomic mass is 32.2. The molecule has 0 saturated heterocycles. The SMILES string of the molecule is CCOc1ccccc1NC(=O)CSc1ncccc1C(=O)O. The molecule has 0 fully saturated rings. The lowest BCUT2D eigenvalue weighted by Crippen LogP contribution is -2.15. The van der Waals surface area contributed by atoms with Crippen LogP contribution in [0.25, 0.3) is 0 Å². The van der Waals surface area contributed by atoms with Crippen LogP contribution in [-0.4, -0.2) is 34.3 Å². The van der Waals surface area contributed by atoms with Crippen molar-refractivity contribution in [3.8, 4) is 5.75 Å². The smallest absolute Gasteiger partial charge is 0.338 e. The Morgan fingerprint density at radius 3 is 2.78 bits per heavy atom. The van der Waals surface area contributed by atoms with Crippen molar-refractivity contribution < 1.29 is 19.4 Å². The Morgan fingerprint density at radius 2 is 2.04 bits per heavy atom. The second kappa shape index (κ2) is 8.19. The molecule has 7 heteroatoms. The normalized spacial score (nSPS) is 10.1. The van der Waals surface area contributed by atoms with Crippen molar-refractivity contribution in [3.63, 3.8) is 0 Å². The molecule has 23 heavy (non-hydrogen) atoms. The number of aromatic carboxylic acids is 1. The van der Waals surface area contributed by atoms with Crippen molar-refractivity contribution >= 4 is 29.3 Å². The topological polar surface area (TPSA) is 88.5 Å². The summed E-state index contributed by atoms with van der Waals surface area (Å²) in [5.74, 6) is -0.679. The number of hydrogen-bond donors (Lipinski definition) is 2. The van der Waals surface area contributed by atoms with E-state index >= 15 is 0 Å². The summed E-state index contributed by atoms with van der Waals surface area (Å²) in [4.78, 5) is 27.2. The minimum atomic E-state index is -1.07. The summed E-state index contributed by atoms with van der Waals surface area (Å²) in [5, 5.41) is 12.2. The summed E-state index contributed by atoms with van der Waals surface area (Å²) in [5.41, 5.74) is 0.666. The predicted molar refractivity (Wildman–Crippen MR) is 88.2 cm³/mol. The first-order valence-corrected chi connectivity index (χ1v) is 7.93. The Labute approximate surface area is 137 Å². The van der Waals surface area contributed by atoms with Gasteiger partial charge in [0.05, 0.1) is 23.6 Å². The fourth-order valence-electron chi connectivity index (χ4n) is 1.84. The molecule has 0 aliphatic carbocycles. The van der Waals surface area contributed by atoms with E-state index in [9.17, 15) is 9.59 Å². The number of para-hydroxylation sites is 2. The first-order valence-electron chi connectivity index (χ1n) is 6.94. The van der Waals surface area contributed by atoms with Gasteiger partial charge in [-0.2, -0.15) is 0 Å². The molecule has 2 rings (SSSR count). The molecule has 0 unspecified atom stereocenters. The lowest BCUT2D eigenvalue weighted by molar-refractivity contribution is -0.113. The van der Waals surface area contributed by atoms with Crippen LogP contribution in [0.4, 0.5) is 5.69 Å². The van der Waals surface area contributed by atoms with Gasteiger partial charge >= 0.3 is 5.97 Å². The van der Waals surface area contributed by atoms with E-state index in [1.807, 2.05) is 13.0 Å². The van der Waals surface area contributed by atoms with Crippen LogP contribution in [0.3, 0.4) is 0 Å². The van der Waals surface area contributed by atoms with E-state index in [1.165, 1.54) is 12.3 Å². The molecule has 1 aromatic heterocycles. The van der Waals surface area contributed by atoms with Crippen molar-refractivity contribution in [3.05, 3.63) is 48.2 Å². The third kappa shape index (κ3) is 4.72. The summed E-state index contributed by atoms with van der Waals surface area (Å²) < 4.78 is 5.44. The number of nitrogens with one attached hydrogen (secondary N) is 1. The van der Waals surface area contributed by atoms with E-state index in [-0.39, 0.29) is 17.2 Å². The molecule has 6 nitrogen and oxygen atoms in total. The van der Waals surface area contributed by atoms with Gasteiger partial charge in [-0.05, 0) is 31.2 Å². The molecule has 0 atom stereocenters. The van der Waals surface area contributed by atoms with E-state index in [0.717, 1.165) is 11.8 Å². The van der Waals surface area contributed by atoms with Crippen molar-refractivity contribution in [1.82, 2.24) is 4.98 Å². The van der Waals surface area contributed by atoms with Gasteiger partial charge in [-0.1, -0.05) is 23.9 Å². The lowest BCUT2D eigenvalue weighted by Gasteiger charge is -2.11. The Balaban J connectivity index is 2.00. The van der Waals surface area contributed by atoms with Gasteiger partial charge in [0.1, 0.15) is 10.8 Å². The summed E-state index contributed by atoms with van der Waals surface area (Å²) in [6, 6.07) is 10.1. The Kier molecular flexibility index (Phi) is 5.99. The number of hydrogen-bond acceptors (Lipinski definition) is 5. The molecule has 0 saturated carbocycles. The zero-order valence-electron chi connectivity index (χ0n) is 12.5. The highest BCUT2D eigenvalue weighted by Crippen LogP contribution is 2.25. The Hall–Kier alpha value is -2.54. The quantitative estimate of drug-likeness (QED) is 0.758. The van der Waals surface area contributed by atoms with Crippen molar-refractivity contribution in [2.24, 2.45) is 0 Å². The van der Waals surface area contributed by atoms with Crippen LogP contribution < -0.4 is 10.1 Å². The number of carboxylic acids is 1. The molecule has 1 heterocycles. The monoisotopic (exact) mass is 332 g/mol. The maximum absolute atomic E-state index is 12.1. The molecule has 0 spiro atoms. The molecule has 120 valence electrons. The molecule has 0 radical (unpaired) electrons. The zero-order valence-corrected chi connectivity index (χ0v) is 13.3. The number of ether oxygens (including phenoxy) is 1. The predicted octanol–water partition coefficient (Wildman–Crippen LogP) is 2.91. The fraction of sp³-hybridized carbons (Fsp3) is 0.188. The molecule has 1 aromatic carbocycles. The number of nitrogens with zero attached hydrogens (tertiary/aromatic N) is 1. The molecule has 0 bridgehead atoms. The van der Waals surface area contributed by atoms with Crippen molar-refractivity contribution in [2.45, 2.75) is 11.9 Å². The second-order valence-corrected chi connectivity index (χ2v) is 5.39. The summed E-state index contributed by atoms with van der Waals surface area (Å²) >= 11 is 1.08. The highest BCUT2D eigenvalue weighted by Gasteiger charge is 2.13. The molecule has 2 N–H and O–H groups in total. The standard InChI is InChI=1S/C16H16N2O4S/c1-2-22-13-8-4-3-7-12(13)18-14(19)10-23-15-11(16(20)21)6-5-9-17-15/h3-9H,2,10H2,1H3,(H,18,19)(H,20,21). The average molecular weight is 332 g/mol. The van der Waals surface area contributed by atoms with Crippen LogP contribution in [0, 0.1) is 0 Å². The van der Waals surface area contributed by atoms with Crippen LogP contribution in [0.5, 0.6) is 5.75 Å². The number of anilines is 1. The minimum absolute atomic E-state index is 0.0533. The van der Waals surface area contributed by atoms with Gasteiger partial charge in [-0.3, -0.25) is 4.79 Å². The van der Waals surface area contributed by atoms with Crippen LogP contribution in [0.15, 0.2) is 47.6 Å². The number of carbonyl (C=O) groups is 2. The highest BCUT2D eigenvalue weighted by molar-refractivity contribution is 8.00. The number of thioether (sulfide) groups is 1. The second-order valence-electron chi connectivity index (χ2n) is 4.43. The van der Waals surface area contributed by atoms with Crippen molar-refractivity contribution in [2.75, 3.05) is 17.7 Å². The fourth-order valence-corrected chi connectivity index (χ4v) is 2.63. The van der Waals surface area contributed by atoms with Gasteiger partial charge in [0.2, 0.25) is 5.91 Å². The van der Waals surface area contributed by atoms with E-state index in [1.54, 1.807) is 24.3 Å². The Bertz CT molecular complexity index is 706. The van der Waals surface area contributed by atoms with E-state index < -0.39 is 5.97 Å². The van der Waals surface area contributed by atoms with E-state index in [2.05, 4.69) is 10.3 Å². The van der Waals surface area contributed by atoms with Crippen LogP contribution >= 0.6 is 11.8 Å². The minimum Gasteiger partial charge on any atom is -0.492 e. The third-order valence-electron chi connectivity index (χ3n) is 2.80. The maximum Gasteiger partial charge on any atom is 0.338 e. The van der Waals surface area contributed by atoms with Gasteiger partial charge in [-0.25, -0.2) is 9.78 Å². The van der Waals surface area contributed by atoms with Gasteiger partial charge in [0.15, 0.2) is 0 Å². The molecule has 1 amide bonds. The number of pyridine rings is 1. The largest absolute Gasteiger partial charge is 0.492 e. The van der Waals surface area contributed by atoms with Gasteiger partial charge in [0.25, 0.3) is 0 Å². The molecule has 0 aliphatic rings. The van der Waals surface area contributed by atoms with Crippen molar-refractivity contribution in [1.29, 1.82) is 0 Å². The first kappa shape index (κ1) is 16.8. The van der Waals surface area contributed by atoms with Gasteiger partial charge in [-0.15, -0.1) is 0 Å². The Morgan fingerprint density at radius 1 is 1.26 bits per heavy atom. The molecule has 2 aromatic rings.